The molecule has 1 aliphatic rings. The largest absolute Gasteiger partial charge is 0.493 e. The first-order chi connectivity index (χ1) is 13.7. The van der Waals surface area contributed by atoms with Crippen molar-refractivity contribution >= 4 is 44.9 Å². The molecule has 2 aromatic carbocycles. The Balaban J connectivity index is 1.55. The van der Waals surface area contributed by atoms with Gasteiger partial charge in [0.2, 0.25) is 0 Å². The number of para-hydroxylation sites is 1. The maximum absolute atomic E-state index is 6.23. The average Bonchev–Trinajstić information content (AvgIpc) is 3.47. The van der Waals surface area contributed by atoms with E-state index in [1.165, 1.54) is 6.33 Å². The molecular formula is C20H17ClN4O3. The summed E-state index contributed by atoms with van der Waals surface area (Å²) in [6, 6.07) is 9.61. The third-order valence-corrected chi connectivity index (χ3v) is 4.98. The zero-order valence-corrected chi connectivity index (χ0v) is 15.8. The smallest absolute Gasteiger partial charge is 0.163 e. The second kappa shape index (κ2) is 6.85. The molecule has 1 fully saturated rings. The van der Waals surface area contributed by atoms with Crippen LogP contribution in [0.5, 0.6) is 11.5 Å². The lowest BCUT2D eigenvalue weighted by molar-refractivity contribution is 0.252. The van der Waals surface area contributed by atoms with Crippen molar-refractivity contribution < 1.29 is 14.2 Å². The number of hydrogen-bond acceptors (Lipinski definition) is 6. The van der Waals surface area contributed by atoms with Crippen molar-refractivity contribution in [2.75, 3.05) is 25.6 Å². The van der Waals surface area contributed by atoms with Crippen LogP contribution < -0.4 is 14.8 Å². The normalized spacial score (nSPS) is 15.7. The lowest BCUT2D eigenvalue weighted by atomic mass is 10.2. The topological polar surface area (TPSA) is 84.6 Å². The van der Waals surface area contributed by atoms with Crippen LogP contribution in [0, 0.1) is 0 Å². The molecule has 0 bridgehead atoms. The monoisotopic (exact) mass is 396 g/mol. The molecule has 3 heterocycles. The lowest BCUT2D eigenvalue weighted by Gasteiger charge is -2.13. The first-order valence-electron chi connectivity index (χ1n) is 8.82. The van der Waals surface area contributed by atoms with Crippen molar-refractivity contribution in [3.63, 3.8) is 0 Å². The van der Waals surface area contributed by atoms with Crippen LogP contribution in [0.25, 0.3) is 21.8 Å². The first kappa shape index (κ1) is 17.1. The molecule has 0 radical (unpaired) electrons. The summed E-state index contributed by atoms with van der Waals surface area (Å²) in [5.74, 6) is 1.92. The number of halogens is 1. The lowest BCUT2D eigenvalue weighted by Crippen LogP contribution is -2.05. The van der Waals surface area contributed by atoms with E-state index >= 15 is 0 Å². The van der Waals surface area contributed by atoms with Gasteiger partial charge in [-0.1, -0.05) is 23.7 Å². The second-order valence-corrected chi connectivity index (χ2v) is 6.91. The fraction of sp³-hybridized carbons (Fsp3) is 0.200. The number of epoxide rings is 1. The van der Waals surface area contributed by atoms with E-state index in [2.05, 4.69) is 20.3 Å². The average molecular weight is 397 g/mol. The van der Waals surface area contributed by atoms with Gasteiger partial charge in [-0.2, -0.15) is 0 Å². The molecule has 0 saturated carbocycles. The minimum Gasteiger partial charge on any atom is -0.493 e. The van der Waals surface area contributed by atoms with E-state index in [0.717, 1.165) is 34.1 Å². The summed E-state index contributed by atoms with van der Waals surface area (Å²) in [5, 5.41) is 5.82. The Morgan fingerprint density at radius 1 is 1.25 bits per heavy atom. The van der Waals surface area contributed by atoms with E-state index < -0.39 is 0 Å². The molecule has 0 amide bonds. The quantitative estimate of drug-likeness (QED) is 0.473. The molecule has 1 saturated heterocycles. The van der Waals surface area contributed by atoms with Gasteiger partial charge in [-0.3, -0.25) is 0 Å². The number of nitrogens with zero attached hydrogens (tertiary/aromatic N) is 2. The van der Waals surface area contributed by atoms with E-state index in [9.17, 15) is 0 Å². The summed E-state index contributed by atoms with van der Waals surface area (Å²) in [5.41, 5.74) is 2.53. The van der Waals surface area contributed by atoms with Crippen molar-refractivity contribution in [1.29, 1.82) is 0 Å². The summed E-state index contributed by atoms with van der Waals surface area (Å²) >= 11 is 6.23. The molecular weight excluding hydrogens is 380 g/mol. The van der Waals surface area contributed by atoms with Crippen LogP contribution in [0.4, 0.5) is 11.5 Å². The molecule has 0 unspecified atom stereocenters. The summed E-state index contributed by atoms with van der Waals surface area (Å²) in [7, 11) is 1.61. The molecule has 2 N–H and O–H groups in total. The third kappa shape index (κ3) is 3.08. The van der Waals surface area contributed by atoms with Crippen LogP contribution in [0.3, 0.4) is 0 Å². The zero-order valence-electron chi connectivity index (χ0n) is 15.0. The number of ether oxygens (including phenoxy) is 3. The molecule has 142 valence electrons. The number of fused-ring (bicyclic) bond motifs is 2. The number of nitrogens with one attached hydrogen (secondary N) is 2. The molecule has 5 rings (SSSR count). The van der Waals surface area contributed by atoms with Gasteiger partial charge in [-0.25, -0.2) is 9.97 Å². The minimum absolute atomic E-state index is 0.163. The van der Waals surface area contributed by atoms with E-state index in [1.807, 2.05) is 30.3 Å². The van der Waals surface area contributed by atoms with Crippen LogP contribution in [-0.4, -0.2) is 41.4 Å². The summed E-state index contributed by atoms with van der Waals surface area (Å²) in [6.45, 7) is 1.23. The van der Waals surface area contributed by atoms with Gasteiger partial charge in [-0.15, -0.1) is 0 Å². The van der Waals surface area contributed by atoms with Crippen LogP contribution in [0.15, 0.2) is 42.9 Å². The predicted molar refractivity (Wildman–Crippen MR) is 108 cm³/mol. The van der Waals surface area contributed by atoms with E-state index in [-0.39, 0.29) is 6.10 Å². The minimum atomic E-state index is 0.163. The highest BCUT2D eigenvalue weighted by Gasteiger charge is 2.24. The highest BCUT2D eigenvalue weighted by atomic mass is 35.5. The van der Waals surface area contributed by atoms with Gasteiger partial charge in [0, 0.05) is 23.0 Å². The third-order valence-electron chi connectivity index (χ3n) is 4.67. The van der Waals surface area contributed by atoms with Gasteiger partial charge >= 0.3 is 0 Å². The molecule has 1 aliphatic heterocycles. The zero-order chi connectivity index (χ0) is 19.1. The predicted octanol–water partition coefficient (Wildman–Crippen LogP) is 4.29. The molecule has 2 aromatic heterocycles. The molecule has 4 aromatic rings. The molecule has 0 spiro atoms. The van der Waals surface area contributed by atoms with Crippen molar-refractivity contribution in [1.82, 2.24) is 15.0 Å². The summed E-state index contributed by atoms with van der Waals surface area (Å²) in [4.78, 5) is 12.0. The Bertz CT molecular complexity index is 1170. The molecule has 8 heteroatoms. The Morgan fingerprint density at radius 3 is 2.96 bits per heavy atom. The van der Waals surface area contributed by atoms with E-state index in [4.69, 9.17) is 25.8 Å². The summed E-state index contributed by atoms with van der Waals surface area (Å²) < 4.78 is 16.5. The Labute approximate surface area is 165 Å². The standard InChI is InChI=1S/C20H17ClN4O3/c1-26-17-5-13-16(6-18(17)28-9-11-8-27-11)23-10-24-20(13)25-15-4-2-3-12-14(21)7-22-19(12)15/h2-7,10-11,22H,8-9H2,1H3,(H,23,24,25)/t11-/m0/s1. The molecule has 28 heavy (non-hydrogen) atoms. The Kier molecular flexibility index (Phi) is 4.18. The van der Waals surface area contributed by atoms with Gasteiger partial charge in [0.25, 0.3) is 0 Å². The molecule has 1 atom stereocenters. The Morgan fingerprint density at radius 2 is 2.14 bits per heavy atom. The van der Waals surface area contributed by atoms with Gasteiger partial charge in [0.15, 0.2) is 11.5 Å². The van der Waals surface area contributed by atoms with Crippen LogP contribution in [-0.2, 0) is 4.74 Å². The molecule has 0 aliphatic carbocycles. The number of anilines is 2. The summed E-state index contributed by atoms with van der Waals surface area (Å²) in [6.07, 6.45) is 3.45. The van der Waals surface area contributed by atoms with E-state index in [1.54, 1.807) is 13.3 Å². The number of aromatic nitrogens is 3. The van der Waals surface area contributed by atoms with Crippen molar-refractivity contribution in [3.05, 3.63) is 47.9 Å². The van der Waals surface area contributed by atoms with Gasteiger partial charge in [0.05, 0.1) is 35.5 Å². The highest BCUT2D eigenvalue weighted by molar-refractivity contribution is 6.36. The SMILES string of the molecule is COc1cc2c(Nc3cccc4c(Cl)c[nH]c34)ncnc2cc1OC[C@@H]1CO1. The maximum atomic E-state index is 6.23. The second-order valence-electron chi connectivity index (χ2n) is 6.50. The van der Waals surface area contributed by atoms with Crippen molar-refractivity contribution in [2.45, 2.75) is 6.10 Å². The number of aromatic amines is 1. The van der Waals surface area contributed by atoms with Gasteiger partial charge in [0.1, 0.15) is 24.9 Å². The van der Waals surface area contributed by atoms with E-state index in [0.29, 0.717) is 28.9 Å². The van der Waals surface area contributed by atoms with Crippen LogP contribution >= 0.6 is 11.6 Å². The van der Waals surface area contributed by atoms with Crippen molar-refractivity contribution in [3.8, 4) is 11.5 Å². The van der Waals surface area contributed by atoms with Crippen LogP contribution in [0.1, 0.15) is 0 Å². The fourth-order valence-electron chi connectivity index (χ4n) is 3.13. The number of hydrogen-bond donors (Lipinski definition) is 2. The number of rotatable bonds is 6. The maximum Gasteiger partial charge on any atom is 0.163 e. The first-order valence-corrected chi connectivity index (χ1v) is 9.20. The number of H-pyrrole nitrogens is 1. The van der Waals surface area contributed by atoms with Crippen LogP contribution in [0.2, 0.25) is 5.02 Å². The Hall–Kier alpha value is -3.03. The van der Waals surface area contributed by atoms with Gasteiger partial charge in [-0.05, 0) is 12.1 Å². The fourth-order valence-corrected chi connectivity index (χ4v) is 3.35. The molecule has 7 nitrogen and oxygen atoms in total. The van der Waals surface area contributed by atoms with Gasteiger partial charge < -0.3 is 24.5 Å². The highest BCUT2D eigenvalue weighted by Crippen LogP contribution is 2.36. The van der Waals surface area contributed by atoms with Crippen molar-refractivity contribution in [2.24, 2.45) is 0 Å². The number of methoxy groups -OCH3 is 1. The number of benzene rings is 2.